The molecule has 5 aromatic rings. The topological polar surface area (TPSA) is 119 Å². The summed E-state index contributed by atoms with van der Waals surface area (Å²) in [7, 11) is 0. The van der Waals surface area contributed by atoms with E-state index in [1.54, 1.807) is 4.68 Å². The van der Waals surface area contributed by atoms with Crippen molar-refractivity contribution in [2.24, 2.45) is 0 Å². The molecule has 0 amide bonds. The van der Waals surface area contributed by atoms with Crippen LogP contribution in [0.25, 0.3) is 28.1 Å². The number of hydrogen-bond acceptors (Lipinski definition) is 5. The molecule has 0 aliphatic rings. The summed E-state index contributed by atoms with van der Waals surface area (Å²) in [6, 6.07) is 18.0. The maximum absolute atomic E-state index is 12.9. The Labute approximate surface area is 181 Å². The third-order valence-corrected chi connectivity index (χ3v) is 5.36. The SMILES string of the molecule is C[C@@H](c1ccc(-c2ccccc2)cc1)n1ncc2nc(-n3cc(C(=O)O)cn3)[nH]c(=O)c21. The molecule has 0 saturated heterocycles. The number of hydrogen-bond donors (Lipinski definition) is 2. The molecule has 0 aliphatic heterocycles. The van der Waals surface area contributed by atoms with E-state index >= 15 is 0 Å². The third-order valence-electron chi connectivity index (χ3n) is 5.36. The van der Waals surface area contributed by atoms with Crippen LogP contribution in [-0.4, -0.2) is 40.6 Å². The van der Waals surface area contributed by atoms with Crippen LogP contribution >= 0.6 is 0 Å². The number of aromatic nitrogens is 6. The quantitative estimate of drug-likeness (QED) is 0.445. The fourth-order valence-corrected chi connectivity index (χ4v) is 3.64. The van der Waals surface area contributed by atoms with Crippen LogP contribution in [0.5, 0.6) is 0 Å². The van der Waals surface area contributed by atoms with Crippen LogP contribution < -0.4 is 5.56 Å². The monoisotopic (exact) mass is 426 g/mol. The highest BCUT2D eigenvalue weighted by molar-refractivity contribution is 5.87. The van der Waals surface area contributed by atoms with Gasteiger partial charge in [0.2, 0.25) is 5.95 Å². The van der Waals surface area contributed by atoms with Crippen LogP contribution in [-0.2, 0) is 0 Å². The molecule has 158 valence electrons. The zero-order chi connectivity index (χ0) is 22.2. The predicted octanol–water partition coefficient (Wildman–Crippen LogP) is 3.28. The fraction of sp³-hybridized carbons (Fsp3) is 0.0870. The molecule has 2 aromatic carbocycles. The van der Waals surface area contributed by atoms with Gasteiger partial charge in [-0.3, -0.25) is 14.5 Å². The minimum atomic E-state index is -1.11. The Morgan fingerprint density at radius 1 is 1.00 bits per heavy atom. The zero-order valence-corrected chi connectivity index (χ0v) is 17.0. The van der Waals surface area contributed by atoms with Crippen LogP contribution in [0.4, 0.5) is 0 Å². The van der Waals surface area contributed by atoms with Crippen LogP contribution in [0, 0.1) is 0 Å². The van der Waals surface area contributed by atoms with Gasteiger partial charge in [-0.2, -0.15) is 10.2 Å². The van der Waals surface area contributed by atoms with Gasteiger partial charge in [-0.05, 0) is 23.6 Å². The Morgan fingerprint density at radius 2 is 1.72 bits per heavy atom. The fourth-order valence-electron chi connectivity index (χ4n) is 3.64. The lowest BCUT2D eigenvalue weighted by Crippen LogP contribution is -2.18. The summed E-state index contributed by atoms with van der Waals surface area (Å²) in [6.07, 6.45) is 4.00. The number of benzene rings is 2. The third kappa shape index (κ3) is 3.35. The smallest absolute Gasteiger partial charge is 0.338 e. The first-order valence-electron chi connectivity index (χ1n) is 9.92. The molecule has 0 aliphatic carbocycles. The summed E-state index contributed by atoms with van der Waals surface area (Å²) in [6.45, 7) is 1.96. The van der Waals surface area contributed by atoms with E-state index in [-0.39, 0.29) is 23.1 Å². The second-order valence-corrected chi connectivity index (χ2v) is 7.36. The standard InChI is InChI=1S/C23H18N6O3/c1-14(15-7-9-17(10-8-15)16-5-3-2-4-6-16)29-20-19(12-25-29)26-23(27-21(20)30)28-13-18(11-24-28)22(31)32/h2-14H,1H3,(H,31,32)(H,26,27,30)/t14-/m0/s1. The van der Waals surface area contributed by atoms with Gasteiger partial charge in [0.1, 0.15) is 5.52 Å². The first-order chi connectivity index (χ1) is 15.5. The number of nitrogens with zero attached hydrogens (tertiary/aromatic N) is 5. The average Bonchev–Trinajstić information content (AvgIpc) is 3.47. The lowest BCUT2D eigenvalue weighted by Gasteiger charge is -2.14. The van der Waals surface area contributed by atoms with Crippen molar-refractivity contribution < 1.29 is 9.90 Å². The number of rotatable bonds is 5. The van der Waals surface area contributed by atoms with Crippen LogP contribution in [0.3, 0.4) is 0 Å². The molecular weight excluding hydrogens is 408 g/mol. The van der Waals surface area contributed by atoms with Gasteiger partial charge in [0, 0.05) is 6.20 Å². The van der Waals surface area contributed by atoms with Gasteiger partial charge < -0.3 is 5.11 Å². The highest BCUT2D eigenvalue weighted by atomic mass is 16.4. The molecule has 32 heavy (non-hydrogen) atoms. The molecule has 9 heteroatoms. The number of aromatic amines is 1. The van der Waals surface area contributed by atoms with Crippen molar-refractivity contribution in [3.63, 3.8) is 0 Å². The van der Waals surface area contributed by atoms with Crippen molar-refractivity contribution in [3.05, 3.63) is 94.7 Å². The summed E-state index contributed by atoms with van der Waals surface area (Å²) < 4.78 is 2.85. The Morgan fingerprint density at radius 3 is 2.41 bits per heavy atom. The van der Waals surface area contributed by atoms with Gasteiger partial charge in [-0.1, -0.05) is 54.6 Å². The van der Waals surface area contributed by atoms with Crippen LogP contribution in [0.15, 0.2) is 78.0 Å². The first kappa shape index (κ1) is 19.4. The van der Waals surface area contributed by atoms with E-state index in [9.17, 15) is 9.59 Å². The van der Waals surface area contributed by atoms with E-state index in [0.29, 0.717) is 11.0 Å². The number of carboxylic acid groups (broad SMARTS) is 1. The largest absolute Gasteiger partial charge is 0.478 e. The number of carbonyl (C=O) groups is 1. The second-order valence-electron chi connectivity index (χ2n) is 7.36. The van der Waals surface area contributed by atoms with E-state index < -0.39 is 5.97 Å². The number of H-pyrrole nitrogens is 1. The van der Waals surface area contributed by atoms with Gasteiger partial charge in [-0.15, -0.1) is 0 Å². The molecule has 3 heterocycles. The van der Waals surface area contributed by atoms with E-state index in [1.165, 1.54) is 23.3 Å². The van der Waals surface area contributed by atoms with Gasteiger partial charge >= 0.3 is 5.97 Å². The molecule has 1 atom stereocenters. The molecule has 0 radical (unpaired) electrons. The van der Waals surface area contributed by atoms with Gasteiger partial charge in [-0.25, -0.2) is 14.5 Å². The Kier molecular flexibility index (Phi) is 4.63. The molecule has 0 fully saturated rings. The second kappa shape index (κ2) is 7.62. The average molecular weight is 426 g/mol. The Hall–Kier alpha value is -4.53. The Bertz CT molecular complexity index is 1480. The highest BCUT2D eigenvalue weighted by Crippen LogP contribution is 2.25. The molecule has 0 bridgehead atoms. The first-order valence-corrected chi connectivity index (χ1v) is 9.92. The van der Waals surface area contributed by atoms with E-state index in [4.69, 9.17) is 5.11 Å². The molecule has 9 nitrogen and oxygen atoms in total. The molecule has 5 rings (SSSR count). The summed E-state index contributed by atoms with van der Waals surface area (Å²) >= 11 is 0. The minimum absolute atomic E-state index is 0.00369. The Balaban J connectivity index is 1.49. The van der Waals surface area contributed by atoms with Gasteiger partial charge in [0.25, 0.3) is 5.56 Å². The lowest BCUT2D eigenvalue weighted by atomic mass is 10.0. The minimum Gasteiger partial charge on any atom is -0.478 e. The van der Waals surface area contributed by atoms with Gasteiger partial charge in [0.15, 0.2) is 5.52 Å². The lowest BCUT2D eigenvalue weighted by molar-refractivity contribution is 0.0697. The molecule has 0 saturated carbocycles. The molecule has 0 spiro atoms. The number of fused-ring (bicyclic) bond motifs is 1. The molecular formula is C23H18N6O3. The maximum atomic E-state index is 12.9. The number of carboxylic acids is 1. The van der Waals surface area contributed by atoms with Crippen LogP contribution in [0.2, 0.25) is 0 Å². The summed E-state index contributed by atoms with van der Waals surface area (Å²) in [5.41, 5.74) is 3.57. The van der Waals surface area contributed by atoms with Crippen LogP contribution in [0.1, 0.15) is 28.9 Å². The predicted molar refractivity (Wildman–Crippen MR) is 118 cm³/mol. The van der Waals surface area contributed by atoms with Crippen molar-refractivity contribution in [2.45, 2.75) is 13.0 Å². The number of nitrogens with one attached hydrogen (secondary N) is 1. The maximum Gasteiger partial charge on any atom is 0.338 e. The molecule has 0 unspecified atom stereocenters. The van der Waals surface area contributed by atoms with Gasteiger partial charge in [0.05, 0.1) is 24.0 Å². The summed E-state index contributed by atoms with van der Waals surface area (Å²) in [5, 5.41) is 17.4. The van der Waals surface area contributed by atoms with Crippen molar-refractivity contribution in [1.29, 1.82) is 0 Å². The van der Waals surface area contributed by atoms with E-state index in [0.717, 1.165) is 16.7 Å². The molecule has 2 N–H and O–H groups in total. The summed E-state index contributed by atoms with van der Waals surface area (Å²) in [5.74, 6) is -0.992. The number of aromatic carboxylic acids is 1. The molecule has 3 aromatic heterocycles. The van der Waals surface area contributed by atoms with Crippen molar-refractivity contribution in [3.8, 4) is 17.1 Å². The van der Waals surface area contributed by atoms with E-state index in [2.05, 4.69) is 32.3 Å². The zero-order valence-electron chi connectivity index (χ0n) is 17.0. The normalized spacial score (nSPS) is 12.2. The highest BCUT2D eigenvalue weighted by Gasteiger charge is 2.18. The van der Waals surface area contributed by atoms with Crippen molar-refractivity contribution in [1.82, 2.24) is 29.5 Å². The van der Waals surface area contributed by atoms with Crippen molar-refractivity contribution >= 4 is 17.0 Å². The van der Waals surface area contributed by atoms with Crippen molar-refractivity contribution in [2.75, 3.05) is 0 Å². The van der Waals surface area contributed by atoms with E-state index in [1.807, 2.05) is 49.4 Å². The summed E-state index contributed by atoms with van der Waals surface area (Å²) in [4.78, 5) is 31.0.